The van der Waals surface area contributed by atoms with Crippen LogP contribution in [0, 0.1) is 0 Å². The largest absolute Gasteiger partial charge is 0.507 e. The third kappa shape index (κ3) is 6.46. The van der Waals surface area contributed by atoms with Crippen LogP contribution in [-0.2, 0) is 4.79 Å². The highest BCUT2D eigenvalue weighted by Crippen LogP contribution is 2.23. The number of phenolic OH excluding ortho intramolecular Hbond substituents is 1. The maximum absolute atomic E-state index is 12.2. The summed E-state index contributed by atoms with van der Waals surface area (Å²) in [6.07, 6.45) is 1.93. The first-order valence-corrected chi connectivity index (χ1v) is 11.1. The van der Waals surface area contributed by atoms with Crippen molar-refractivity contribution in [1.29, 1.82) is 0 Å². The summed E-state index contributed by atoms with van der Waals surface area (Å²) in [5.74, 6) is 0.0524. The van der Waals surface area contributed by atoms with E-state index in [1.54, 1.807) is 6.07 Å². The molecule has 3 rings (SSSR count). The first-order chi connectivity index (χ1) is 15.1. The molecule has 31 heavy (non-hydrogen) atoms. The Morgan fingerprint density at radius 2 is 1.87 bits per heavy atom. The minimum atomic E-state index is -0.103. The van der Waals surface area contributed by atoms with Gasteiger partial charge in [0.15, 0.2) is 0 Å². The molecule has 0 spiro atoms. The molecule has 0 bridgehead atoms. The molecular weight excluding hydrogens is 390 g/mol. The van der Waals surface area contributed by atoms with Crippen LogP contribution in [0.25, 0.3) is 0 Å². The van der Waals surface area contributed by atoms with E-state index in [1.165, 1.54) is 16.8 Å². The van der Waals surface area contributed by atoms with Crippen molar-refractivity contribution in [1.82, 2.24) is 5.43 Å². The van der Waals surface area contributed by atoms with E-state index in [0.29, 0.717) is 12.0 Å². The van der Waals surface area contributed by atoms with E-state index >= 15 is 0 Å². The van der Waals surface area contributed by atoms with E-state index in [9.17, 15) is 9.90 Å². The van der Waals surface area contributed by atoms with Gasteiger partial charge in [0.2, 0.25) is 5.91 Å². The summed E-state index contributed by atoms with van der Waals surface area (Å²) in [5.41, 5.74) is 5.40. The van der Waals surface area contributed by atoms with Gasteiger partial charge in [-0.05, 0) is 38.1 Å². The number of amides is 1. The normalized spacial score (nSPS) is 14.7. The second-order valence-corrected chi connectivity index (χ2v) is 7.78. The fourth-order valence-corrected chi connectivity index (χ4v) is 3.92. The molecule has 0 radical (unpaired) electrons. The van der Waals surface area contributed by atoms with Crippen LogP contribution in [0.1, 0.15) is 25.8 Å². The maximum Gasteiger partial charge on any atom is 0.245 e. The van der Waals surface area contributed by atoms with Gasteiger partial charge in [0.1, 0.15) is 5.75 Å². The Morgan fingerprint density at radius 1 is 1.16 bits per heavy atom. The second-order valence-electron chi connectivity index (χ2n) is 7.78. The summed E-state index contributed by atoms with van der Waals surface area (Å²) < 4.78 is 0. The Bertz CT molecular complexity index is 860. The van der Waals surface area contributed by atoms with Gasteiger partial charge in [-0.25, -0.2) is 5.43 Å². The van der Waals surface area contributed by atoms with E-state index in [1.807, 2.05) is 18.2 Å². The lowest BCUT2D eigenvalue weighted by Gasteiger charge is -2.33. The zero-order valence-corrected chi connectivity index (χ0v) is 18.6. The molecule has 1 heterocycles. The number of nitrogens with one attached hydrogen (secondary N) is 2. The minimum absolute atomic E-state index is 0.103. The number of carbonyl (C=O) groups excluding carboxylic acids is 1. The van der Waals surface area contributed by atoms with Crippen LogP contribution in [0.4, 0.5) is 11.4 Å². The zero-order chi connectivity index (χ0) is 22.1. The Morgan fingerprint density at radius 3 is 2.52 bits per heavy atom. The fraction of sp³-hybridized carbons (Fsp3) is 0.417. The van der Waals surface area contributed by atoms with Gasteiger partial charge in [0, 0.05) is 36.1 Å². The summed E-state index contributed by atoms with van der Waals surface area (Å²) in [4.78, 5) is 18.1. The first-order valence-electron chi connectivity index (χ1n) is 11.1. The average Bonchev–Trinajstić information content (AvgIpc) is 2.81. The molecule has 7 heteroatoms. The van der Waals surface area contributed by atoms with Crippen LogP contribution in [-0.4, -0.2) is 63.0 Å². The number of quaternary nitrogens is 1. The number of phenols is 1. The molecule has 7 nitrogen and oxygen atoms in total. The second kappa shape index (κ2) is 11.4. The lowest BCUT2D eigenvalue weighted by atomic mass is 10.2. The van der Waals surface area contributed by atoms with Crippen LogP contribution < -0.4 is 20.1 Å². The van der Waals surface area contributed by atoms with E-state index < -0.39 is 0 Å². The molecule has 2 aromatic rings. The number of rotatable bonds is 9. The van der Waals surface area contributed by atoms with Crippen molar-refractivity contribution in [2.24, 2.45) is 5.10 Å². The van der Waals surface area contributed by atoms with Crippen molar-refractivity contribution in [3.05, 3.63) is 54.1 Å². The predicted octanol–water partition coefficient (Wildman–Crippen LogP) is 1.48. The summed E-state index contributed by atoms with van der Waals surface area (Å²) >= 11 is 0. The Hall–Kier alpha value is -3.06. The number of benzene rings is 2. The minimum Gasteiger partial charge on any atom is -0.507 e. The quantitative estimate of drug-likeness (QED) is 0.421. The smallest absolute Gasteiger partial charge is 0.245 e. The van der Waals surface area contributed by atoms with Crippen molar-refractivity contribution in [2.75, 3.05) is 55.6 Å². The Labute approximate surface area is 185 Å². The van der Waals surface area contributed by atoms with E-state index in [4.69, 9.17) is 0 Å². The van der Waals surface area contributed by atoms with Crippen LogP contribution >= 0.6 is 0 Å². The zero-order valence-electron chi connectivity index (χ0n) is 18.6. The lowest BCUT2D eigenvalue weighted by Crippen LogP contribution is -3.15. The molecule has 1 saturated heterocycles. The Balaban J connectivity index is 1.40. The highest BCUT2D eigenvalue weighted by molar-refractivity contribution is 5.86. The number of anilines is 2. The van der Waals surface area contributed by atoms with E-state index in [2.05, 4.69) is 58.4 Å². The number of hydrogen-bond donors (Lipinski definition) is 3. The van der Waals surface area contributed by atoms with Crippen molar-refractivity contribution < 1.29 is 14.8 Å². The van der Waals surface area contributed by atoms with Crippen LogP contribution in [0.3, 0.4) is 0 Å². The number of para-hydroxylation sites is 1. The molecule has 1 fully saturated rings. The summed E-state index contributed by atoms with van der Waals surface area (Å²) in [6.45, 7) is 10.8. The number of piperazine rings is 1. The maximum atomic E-state index is 12.2. The molecule has 1 aliphatic heterocycles. The van der Waals surface area contributed by atoms with E-state index in [0.717, 1.165) is 51.5 Å². The molecule has 0 saturated carbocycles. The lowest BCUT2D eigenvalue weighted by molar-refractivity contribution is -0.900. The van der Waals surface area contributed by atoms with Gasteiger partial charge in [-0.2, -0.15) is 5.10 Å². The molecule has 2 aromatic carbocycles. The third-order valence-electron chi connectivity index (χ3n) is 5.83. The number of hydrogen-bond acceptors (Lipinski definition) is 5. The predicted molar refractivity (Wildman–Crippen MR) is 126 cm³/mol. The van der Waals surface area contributed by atoms with Gasteiger partial charge in [0.25, 0.3) is 0 Å². The summed E-state index contributed by atoms with van der Waals surface area (Å²) in [7, 11) is 0. The molecular formula is C24H34N5O2+. The average molecular weight is 425 g/mol. The van der Waals surface area contributed by atoms with Crippen LogP contribution in [0.2, 0.25) is 0 Å². The number of hydrazone groups is 1. The number of carbonyl (C=O) groups is 1. The van der Waals surface area contributed by atoms with Gasteiger partial charge in [-0.3, -0.25) is 4.79 Å². The van der Waals surface area contributed by atoms with Gasteiger partial charge in [-0.1, -0.05) is 18.2 Å². The van der Waals surface area contributed by atoms with Crippen LogP contribution in [0.5, 0.6) is 5.75 Å². The van der Waals surface area contributed by atoms with Crippen molar-refractivity contribution >= 4 is 23.5 Å². The summed E-state index contributed by atoms with van der Waals surface area (Å²) in [5, 5.41) is 14.3. The Kier molecular flexibility index (Phi) is 8.29. The van der Waals surface area contributed by atoms with Crippen molar-refractivity contribution in [2.45, 2.75) is 20.3 Å². The molecule has 3 N–H and O–H groups in total. The highest BCUT2D eigenvalue weighted by atomic mass is 16.3. The standard InChI is InChI=1S/C24H33N5O2/c1-3-28(4-2)22-11-10-20(23(30)18-22)19-25-26-24(31)12-13-27-14-16-29(17-15-27)21-8-6-5-7-9-21/h5-11,18-19,30H,3-4,12-17H2,1-2H3,(H,26,31)/p+1/b25-19+. The molecule has 1 aliphatic rings. The van der Waals surface area contributed by atoms with Crippen molar-refractivity contribution in [3.63, 3.8) is 0 Å². The fourth-order valence-electron chi connectivity index (χ4n) is 3.92. The molecule has 166 valence electrons. The third-order valence-corrected chi connectivity index (χ3v) is 5.83. The number of aromatic hydroxyl groups is 1. The van der Waals surface area contributed by atoms with Crippen molar-refractivity contribution in [3.8, 4) is 5.75 Å². The van der Waals surface area contributed by atoms with E-state index in [-0.39, 0.29) is 11.7 Å². The van der Waals surface area contributed by atoms with Gasteiger partial charge >= 0.3 is 0 Å². The molecule has 1 amide bonds. The highest BCUT2D eigenvalue weighted by Gasteiger charge is 2.20. The topological polar surface area (TPSA) is 72.6 Å². The monoisotopic (exact) mass is 424 g/mol. The molecule has 0 aliphatic carbocycles. The van der Waals surface area contributed by atoms with Gasteiger partial charge < -0.3 is 19.8 Å². The van der Waals surface area contributed by atoms with Gasteiger partial charge in [0.05, 0.1) is 45.4 Å². The molecule has 0 atom stereocenters. The van der Waals surface area contributed by atoms with Gasteiger partial charge in [-0.15, -0.1) is 0 Å². The van der Waals surface area contributed by atoms with Crippen LogP contribution in [0.15, 0.2) is 53.6 Å². The summed E-state index contributed by atoms with van der Waals surface area (Å²) in [6, 6.07) is 16.0. The SMILES string of the molecule is CCN(CC)c1ccc(/C=N/NC(=O)CC[NH+]2CCN(c3ccccc3)CC2)c(O)c1. The molecule has 0 aromatic heterocycles. The first kappa shape index (κ1) is 22.6. The molecule has 0 unspecified atom stereocenters. The number of nitrogens with zero attached hydrogens (tertiary/aromatic N) is 3.